The number of tetrazole rings is 1. The number of thiazole rings is 1. The molecule has 0 fully saturated rings. The van der Waals surface area contributed by atoms with Crippen LogP contribution < -0.4 is 4.74 Å². The van der Waals surface area contributed by atoms with Gasteiger partial charge in [0.1, 0.15) is 5.75 Å². The summed E-state index contributed by atoms with van der Waals surface area (Å²) < 4.78 is 5.47. The van der Waals surface area contributed by atoms with Crippen LogP contribution in [0.15, 0.2) is 23.6 Å². The standard InChI is InChI=1S/C16H19N5OS/c1-11-18-20-21(19-11)15-7-8-16(22-3)13(9-15)5-4-6-14-10-23-12(2)17-14/h7-10H,4-6H2,1-3H3. The molecule has 23 heavy (non-hydrogen) atoms. The van der Waals surface area contributed by atoms with Crippen LogP contribution in [0.2, 0.25) is 0 Å². The fourth-order valence-corrected chi connectivity index (χ4v) is 3.11. The first-order chi connectivity index (χ1) is 11.2. The molecule has 0 aliphatic rings. The molecular weight excluding hydrogens is 310 g/mol. The molecule has 120 valence electrons. The van der Waals surface area contributed by atoms with Crippen LogP contribution in [0.3, 0.4) is 0 Å². The molecule has 0 atom stereocenters. The van der Waals surface area contributed by atoms with Gasteiger partial charge in [-0.1, -0.05) is 0 Å². The van der Waals surface area contributed by atoms with Gasteiger partial charge in [-0.05, 0) is 62.1 Å². The molecule has 0 N–H and O–H groups in total. The molecule has 1 aromatic carbocycles. The summed E-state index contributed by atoms with van der Waals surface area (Å²) in [6.45, 7) is 3.86. The molecule has 0 spiro atoms. The van der Waals surface area contributed by atoms with E-state index in [-0.39, 0.29) is 0 Å². The number of rotatable bonds is 6. The van der Waals surface area contributed by atoms with Crippen LogP contribution in [-0.4, -0.2) is 32.3 Å². The zero-order valence-corrected chi connectivity index (χ0v) is 14.3. The first-order valence-electron chi connectivity index (χ1n) is 7.50. The van der Waals surface area contributed by atoms with E-state index in [2.05, 4.69) is 31.8 Å². The maximum Gasteiger partial charge on any atom is 0.172 e. The van der Waals surface area contributed by atoms with E-state index in [0.29, 0.717) is 5.82 Å². The van der Waals surface area contributed by atoms with Crippen molar-refractivity contribution in [2.24, 2.45) is 0 Å². The second kappa shape index (κ2) is 6.87. The van der Waals surface area contributed by atoms with Gasteiger partial charge in [-0.2, -0.15) is 0 Å². The Morgan fingerprint density at radius 2 is 2.09 bits per heavy atom. The topological polar surface area (TPSA) is 65.7 Å². The maximum absolute atomic E-state index is 5.47. The minimum atomic E-state index is 0.654. The average molecular weight is 329 g/mol. The van der Waals surface area contributed by atoms with Gasteiger partial charge >= 0.3 is 0 Å². The lowest BCUT2D eigenvalue weighted by Gasteiger charge is -2.10. The molecule has 0 aliphatic heterocycles. The SMILES string of the molecule is COc1ccc(-n2nnc(C)n2)cc1CCCc1csc(C)n1. The predicted molar refractivity (Wildman–Crippen MR) is 89.3 cm³/mol. The van der Waals surface area contributed by atoms with Gasteiger partial charge in [0.2, 0.25) is 0 Å². The van der Waals surface area contributed by atoms with Crippen LogP contribution in [0.25, 0.3) is 5.69 Å². The van der Waals surface area contributed by atoms with Crippen LogP contribution in [0.1, 0.15) is 28.5 Å². The number of methoxy groups -OCH3 is 1. The highest BCUT2D eigenvalue weighted by molar-refractivity contribution is 7.09. The molecule has 0 radical (unpaired) electrons. The van der Waals surface area contributed by atoms with Crippen molar-refractivity contribution < 1.29 is 4.74 Å². The van der Waals surface area contributed by atoms with E-state index in [1.165, 1.54) is 0 Å². The summed E-state index contributed by atoms with van der Waals surface area (Å²) in [5, 5.41) is 15.5. The van der Waals surface area contributed by atoms with Crippen molar-refractivity contribution in [3.8, 4) is 11.4 Å². The Kier molecular flexibility index (Phi) is 4.66. The Bertz CT molecular complexity index is 795. The first kappa shape index (κ1) is 15.6. The zero-order valence-electron chi connectivity index (χ0n) is 13.5. The van der Waals surface area contributed by atoms with Gasteiger partial charge in [-0.15, -0.1) is 26.3 Å². The van der Waals surface area contributed by atoms with Gasteiger partial charge < -0.3 is 4.74 Å². The monoisotopic (exact) mass is 329 g/mol. The molecule has 3 rings (SSSR count). The lowest BCUT2D eigenvalue weighted by molar-refractivity contribution is 0.409. The highest BCUT2D eigenvalue weighted by Crippen LogP contribution is 2.23. The highest BCUT2D eigenvalue weighted by atomic mass is 32.1. The van der Waals surface area contributed by atoms with E-state index in [1.54, 1.807) is 23.2 Å². The molecule has 6 nitrogen and oxygen atoms in total. The molecular formula is C16H19N5OS. The lowest BCUT2D eigenvalue weighted by atomic mass is 10.1. The van der Waals surface area contributed by atoms with Gasteiger partial charge in [0.05, 0.1) is 23.5 Å². The smallest absolute Gasteiger partial charge is 0.172 e. The number of hydrogen-bond donors (Lipinski definition) is 0. The van der Waals surface area contributed by atoms with Crippen LogP contribution >= 0.6 is 11.3 Å². The summed E-state index contributed by atoms with van der Waals surface area (Å²) in [6, 6.07) is 5.95. The van der Waals surface area contributed by atoms with Gasteiger partial charge in [0.25, 0.3) is 0 Å². The summed E-state index contributed by atoms with van der Waals surface area (Å²) in [5.74, 6) is 1.54. The summed E-state index contributed by atoms with van der Waals surface area (Å²) in [6.07, 6.45) is 2.91. The normalized spacial score (nSPS) is 10.9. The van der Waals surface area contributed by atoms with Crippen molar-refractivity contribution >= 4 is 11.3 Å². The lowest BCUT2D eigenvalue weighted by Crippen LogP contribution is -2.02. The molecule has 0 bridgehead atoms. The fourth-order valence-electron chi connectivity index (χ4n) is 2.46. The third kappa shape index (κ3) is 3.73. The third-order valence-electron chi connectivity index (χ3n) is 3.55. The number of ether oxygens (including phenoxy) is 1. The molecule has 0 aliphatic carbocycles. The quantitative estimate of drug-likeness (QED) is 0.695. The third-order valence-corrected chi connectivity index (χ3v) is 4.38. The van der Waals surface area contributed by atoms with Gasteiger partial charge in [-0.3, -0.25) is 0 Å². The maximum atomic E-state index is 5.47. The van der Waals surface area contributed by atoms with Crippen molar-refractivity contribution in [1.29, 1.82) is 0 Å². The minimum absolute atomic E-state index is 0.654. The number of aromatic nitrogens is 5. The van der Waals surface area contributed by atoms with Crippen molar-refractivity contribution in [3.63, 3.8) is 0 Å². The molecule has 2 heterocycles. The average Bonchev–Trinajstić information content (AvgIpc) is 3.16. The van der Waals surface area contributed by atoms with E-state index >= 15 is 0 Å². The second-order valence-electron chi connectivity index (χ2n) is 5.33. The van der Waals surface area contributed by atoms with Crippen LogP contribution in [0, 0.1) is 13.8 Å². The van der Waals surface area contributed by atoms with E-state index in [4.69, 9.17) is 4.74 Å². The van der Waals surface area contributed by atoms with Crippen LogP contribution in [0.4, 0.5) is 0 Å². The molecule has 3 aromatic rings. The van der Waals surface area contributed by atoms with Crippen LogP contribution in [0.5, 0.6) is 5.75 Å². The molecule has 2 aromatic heterocycles. The summed E-state index contributed by atoms with van der Waals surface area (Å²) in [4.78, 5) is 6.05. The Balaban J connectivity index is 1.74. The van der Waals surface area contributed by atoms with Crippen LogP contribution in [-0.2, 0) is 12.8 Å². The Hall–Kier alpha value is -2.28. The number of aryl methyl sites for hydroxylation is 4. The van der Waals surface area contributed by atoms with Crippen molar-refractivity contribution in [3.05, 3.63) is 45.7 Å². The van der Waals surface area contributed by atoms with Crippen molar-refractivity contribution in [2.45, 2.75) is 33.1 Å². The van der Waals surface area contributed by atoms with Gasteiger partial charge in [0, 0.05) is 5.38 Å². The van der Waals surface area contributed by atoms with Gasteiger partial charge in [-0.25, -0.2) is 4.98 Å². The summed E-state index contributed by atoms with van der Waals surface area (Å²) in [7, 11) is 1.69. The van der Waals surface area contributed by atoms with E-state index < -0.39 is 0 Å². The van der Waals surface area contributed by atoms with E-state index in [0.717, 1.165) is 47.0 Å². The molecule has 0 unspecified atom stereocenters. The number of benzene rings is 1. The molecule has 0 saturated heterocycles. The second-order valence-corrected chi connectivity index (χ2v) is 6.40. The van der Waals surface area contributed by atoms with Crippen molar-refractivity contribution in [1.82, 2.24) is 25.2 Å². The molecule has 0 amide bonds. The first-order valence-corrected chi connectivity index (χ1v) is 8.38. The summed E-state index contributed by atoms with van der Waals surface area (Å²) >= 11 is 1.70. The van der Waals surface area contributed by atoms with E-state index in [1.807, 2.05) is 26.0 Å². The largest absolute Gasteiger partial charge is 0.496 e. The molecule has 0 saturated carbocycles. The molecule has 7 heteroatoms. The Morgan fingerprint density at radius 3 is 2.74 bits per heavy atom. The van der Waals surface area contributed by atoms with E-state index in [9.17, 15) is 0 Å². The zero-order chi connectivity index (χ0) is 16.2. The Labute approximate surface area is 139 Å². The van der Waals surface area contributed by atoms with Gasteiger partial charge in [0.15, 0.2) is 5.82 Å². The predicted octanol–water partition coefficient (Wildman–Crippen LogP) is 2.92. The number of nitrogens with zero attached hydrogens (tertiary/aromatic N) is 5. The Morgan fingerprint density at radius 1 is 1.22 bits per heavy atom. The summed E-state index contributed by atoms with van der Waals surface area (Å²) in [5.41, 5.74) is 3.20. The van der Waals surface area contributed by atoms with Crippen molar-refractivity contribution in [2.75, 3.05) is 7.11 Å². The number of hydrogen-bond acceptors (Lipinski definition) is 6. The highest BCUT2D eigenvalue weighted by Gasteiger charge is 2.08. The minimum Gasteiger partial charge on any atom is -0.496 e. The fraction of sp³-hybridized carbons (Fsp3) is 0.375.